The van der Waals surface area contributed by atoms with E-state index in [0.29, 0.717) is 64.0 Å². The van der Waals surface area contributed by atoms with Gasteiger partial charge in [-0.3, -0.25) is 0 Å². The number of halogens is 3. The fourth-order valence-corrected chi connectivity index (χ4v) is 4.88. The zero-order valence-corrected chi connectivity index (χ0v) is 23.3. The average Bonchev–Trinajstić information content (AvgIpc) is 3.30. The molecule has 0 aliphatic carbocycles. The molecule has 0 bridgehead atoms. The van der Waals surface area contributed by atoms with Crippen LogP contribution in [0.1, 0.15) is 33.9 Å². The number of nitrogens with zero attached hydrogens (tertiary/aromatic N) is 4. The lowest BCUT2D eigenvalue weighted by atomic mass is 10.1. The fraction of sp³-hybridized carbons (Fsp3) is 0.226. The first kappa shape index (κ1) is 27.7. The number of methoxy groups -OCH3 is 1. The van der Waals surface area contributed by atoms with E-state index < -0.39 is 17.6 Å². The first-order chi connectivity index (χ1) is 20.4. The van der Waals surface area contributed by atoms with Gasteiger partial charge in [0.1, 0.15) is 29.6 Å². The maximum absolute atomic E-state index is 15.4. The van der Waals surface area contributed by atoms with Crippen LogP contribution in [0.15, 0.2) is 66.7 Å². The van der Waals surface area contributed by atoms with Crippen molar-refractivity contribution in [3.8, 4) is 17.1 Å². The van der Waals surface area contributed by atoms with Crippen molar-refractivity contribution in [2.75, 3.05) is 13.7 Å². The van der Waals surface area contributed by atoms with E-state index in [-0.39, 0.29) is 24.3 Å². The number of rotatable bonds is 9. The van der Waals surface area contributed by atoms with Crippen molar-refractivity contribution in [2.45, 2.75) is 32.1 Å². The molecule has 3 aromatic heterocycles. The second-order valence-electron chi connectivity index (χ2n) is 9.83. The monoisotopic (exact) mass is 590 g/mol. The molecule has 0 saturated carbocycles. The summed E-state index contributed by atoms with van der Waals surface area (Å²) in [4.78, 5) is 25.7. The SMILES string of the molecule is COC(=O)c1ccc2nc(Cc3ccc(-c4cccc(OCc5ccc(Cl)cc5F)n4)c(F)c3)n(C[C@@H]3CCO3)c2n1. The quantitative estimate of drug-likeness (QED) is 0.190. The van der Waals surface area contributed by atoms with Gasteiger partial charge in [-0.1, -0.05) is 29.8 Å². The topological polar surface area (TPSA) is 88.4 Å². The van der Waals surface area contributed by atoms with Gasteiger partial charge in [0, 0.05) is 35.2 Å². The summed E-state index contributed by atoms with van der Waals surface area (Å²) in [5.41, 5.74) is 3.03. The number of ether oxygens (including phenoxy) is 3. The van der Waals surface area contributed by atoms with E-state index >= 15 is 4.39 Å². The highest BCUT2D eigenvalue weighted by Crippen LogP contribution is 2.27. The zero-order chi connectivity index (χ0) is 29.2. The second kappa shape index (κ2) is 11.8. The third kappa shape index (κ3) is 5.81. The van der Waals surface area contributed by atoms with Crippen molar-refractivity contribution in [2.24, 2.45) is 0 Å². The predicted octanol–water partition coefficient (Wildman–Crippen LogP) is 6.17. The number of fused-ring (bicyclic) bond motifs is 1. The van der Waals surface area contributed by atoms with Crippen molar-refractivity contribution in [1.29, 1.82) is 0 Å². The minimum absolute atomic E-state index is 0.0144. The van der Waals surface area contributed by atoms with Crippen molar-refractivity contribution in [1.82, 2.24) is 19.5 Å². The summed E-state index contributed by atoms with van der Waals surface area (Å²) in [7, 11) is 1.30. The first-order valence-electron chi connectivity index (χ1n) is 13.3. The number of benzene rings is 2. The molecule has 0 N–H and O–H groups in total. The van der Waals surface area contributed by atoms with E-state index in [0.717, 1.165) is 6.42 Å². The average molecular weight is 591 g/mol. The van der Waals surface area contributed by atoms with E-state index in [1.807, 2.05) is 10.6 Å². The highest BCUT2D eigenvalue weighted by molar-refractivity contribution is 6.30. The molecular weight excluding hydrogens is 566 g/mol. The van der Waals surface area contributed by atoms with E-state index in [1.54, 1.807) is 48.5 Å². The maximum Gasteiger partial charge on any atom is 0.356 e. The van der Waals surface area contributed by atoms with Gasteiger partial charge in [0.05, 0.1) is 25.5 Å². The summed E-state index contributed by atoms with van der Waals surface area (Å²) in [5.74, 6) is -0.573. The van der Waals surface area contributed by atoms with Gasteiger partial charge in [0.25, 0.3) is 0 Å². The van der Waals surface area contributed by atoms with E-state index in [4.69, 9.17) is 30.8 Å². The van der Waals surface area contributed by atoms with Crippen LogP contribution in [0.5, 0.6) is 5.88 Å². The van der Waals surface area contributed by atoms with Crippen LogP contribution >= 0.6 is 11.6 Å². The molecule has 42 heavy (non-hydrogen) atoms. The summed E-state index contributed by atoms with van der Waals surface area (Å²) in [6.45, 7) is 1.16. The molecule has 0 unspecified atom stereocenters. The summed E-state index contributed by atoms with van der Waals surface area (Å²) in [5, 5.41) is 0.296. The Morgan fingerprint density at radius 1 is 1.05 bits per heavy atom. The lowest BCUT2D eigenvalue weighted by Gasteiger charge is -2.27. The Morgan fingerprint density at radius 2 is 1.90 bits per heavy atom. The standard InChI is InChI=1S/C31H25ClF2N4O4/c1-40-31(39)27-10-9-26-30(37-27)38(16-21-11-12-41-21)28(35-26)14-18-5-8-22(24(34)13-18)25-3-2-4-29(36-25)42-17-19-6-7-20(32)15-23(19)33/h2-10,13,15,21H,11-12,14,16-17H2,1H3/t21-/m0/s1. The minimum Gasteiger partial charge on any atom is -0.473 e. The Bertz CT molecular complexity index is 1790. The molecule has 11 heteroatoms. The van der Waals surface area contributed by atoms with Crippen LogP contribution in [-0.2, 0) is 29.0 Å². The molecule has 214 valence electrons. The van der Waals surface area contributed by atoms with Gasteiger partial charge in [-0.2, -0.15) is 0 Å². The Kier molecular flexibility index (Phi) is 7.82. The molecule has 2 aromatic carbocycles. The Hall–Kier alpha value is -4.41. The van der Waals surface area contributed by atoms with Crippen molar-refractivity contribution >= 4 is 28.7 Å². The van der Waals surface area contributed by atoms with Gasteiger partial charge in [0.2, 0.25) is 5.88 Å². The molecule has 1 aliphatic rings. The molecule has 4 heterocycles. The summed E-state index contributed by atoms with van der Waals surface area (Å²) < 4.78 is 47.6. The van der Waals surface area contributed by atoms with Crippen LogP contribution in [0.3, 0.4) is 0 Å². The fourth-order valence-electron chi connectivity index (χ4n) is 4.72. The summed E-state index contributed by atoms with van der Waals surface area (Å²) in [6, 6.07) is 17.6. The van der Waals surface area contributed by atoms with E-state index in [1.165, 1.54) is 19.2 Å². The predicted molar refractivity (Wildman–Crippen MR) is 151 cm³/mol. The molecule has 1 fully saturated rings. The van der Waals surface area contributed by atoms with Crippen molar-refractivity contribution in [3.05, 3.63) is 106 Å². The second-order valence-corrected chi connectivity index (χ2v) is 10.3. The molecule has 6 rings (SSSR count). The molecule has 0 spiro atoms. The molecule has 1 atom stereocenters. The van der Waals surface area contributed by atoms with E-state index in [9.17, 15) is 9.18 Å². The number of pyridine rings is 2. The lowest BCUT2D eigenvalue weighted by molar-refractivity contribution is -0.0590. The first-order valence-corrected chi connectivity index (χ1v) is 13.6. The van der Waals surface area contributed by atoms with Gasteiger partial charge < -0.3 is 18.8 Å². The normalized spacial score (nSPS) is 14.5. The molecule has 1 aliphatic heterocycles. The lowest BCUT2D eigenvalue weighted by Crippen LogP contribution is -2.32. The largest absolute Gasteiger partial charge is 0.473 e. The number of esters is 1. The number of hydrogen-bond donors (Lipinski definition) is 0. The third-order valence-corrected chi connectivity index (χ3v) is 7.27. The Labute approximate surface area is 244 Å². The summed E-state index contributed by atoms with van der Waals surface area (Å²) >= 11 is 5.81. The smallest absolute Gasteiger partial charge is 0.356 e. The number of aromatic nitrogens is 4. The number of imidazole rings is 1. The van der Waals surface area contributed by atoms with Gasteiger partial charge in [-0.05, 0) is 54.4 Å². The molecule has 5 aromatic rings. The van der Waals surface area contributed by atoms with E-state index in [2.05, 4.69) is 9.97 Å². The third-order valence-electron chi connectivity index (χ3n) is 7.03. The van der Waals surface area contributed by atoms with Crippen molar-refractivity contribution in [3.63, 3.8) is 0 Å². The zero-order valence-electron chi connectivity index (χ0n) is 22.5. The maximum atomic E-state index is 15.4. The molecule has 1 saturated heterocycles. The molecule has 8 nitrogen and oxygen atoms in total. The number of carbonyl (C=O) groups is 1. The van der Waals surface area contributed by atoms with Crippen LogP contribution < -0.4 is 4.74 Å². The summed E-state index contributed by atoms with van der Waals surface area (Å²) in [6.07, 6.45) is 1.25. The van der Waals surface area contributed by atoms with Gasteiger partial charge in [-0.15, -0.1) is 0 Å². The van der Waals surface area contributed by atoms with Gasteiger partial charge in [0.15, 0.2) is 11.3 Å². The Morgan fingerprint density at radius 3 is 2.64 bits per heavy atom. The van der Waals surface area contributed by atoms with Gasteiger partial charge in [-0.25, -0.2) is 28.5 Å². The van der Waals surface area contributed by atoms with Crippen LogP contribution in [0.2, 0.25) is 5.02 Å². The number of carbonyl (C=O) groups excluding carboxylic acids is 1. The Balaban J connectivity index is 1.24. The highest BCUT2D eigenvalue weighted by Gasteiger charge is 2.23. The van der Waals surface area contributed by atoms with Crippen LogP contribution in [-0.4, -0.2) is 45.3 Å². The van der Waals surface area contributed by atoms with Gasteiger partial charge >= 0.3 is 5.97 Å². The molecular formula is C31H25ClF2N4O4. The highest BCUT2D eigenvalue weighted by atomic mass is 35.5. The van der Waals surface area contributed by atoms with Crippen LogP contribution in [0.4, 0.5) is 8.78 Å². The van der Waals surface area contributed by atoms with Crippen molar-refractivity contribution < 1.29 is 27.8 Å². The minimum atomic E-state index is -0.538. The molecule has 0 amide bonds. The van der Waals surface area contributed by atoms with Crippen LogP contribution in [0.25, 0.3) is 22.4 Å². The number of hydrogen-bond acceptors (Lipinski definition) is 7. The van der Waals surface area contributed by atoms with Crippen LogP contribution in [0, 0.1) is 11.6 Å². The molecule has 0 radical (unpaired) electrons.